The van der Waals surface area contributed by atoms with E-state index >= 15 is 0 Å². The number of carbonyl (C=O) groups is 2. The number of aromatic nitrogens is 2. The summed E-state index contributed by atoms with van der Waals surface area (Å²) in [5, 5.41) is 5.90. The Morgan fingerprint density at radius 3 is 2.39 bits per heavy atom. The predicted octanol–water partition coefficient (Wildman–Crippen LogP) is 3.86. The number of piperazine rings is 1. The molecule has 0 unspecified atom stereocenters. The smallest absolute Gasteiger partial charge is 0.271 e. The molecule has 0 bridgehead atoms. The lowest BCUT2D eigenvalue weighted by molar-refractivity contribution is -0.111. The number of anilines is 4. The van der Waals surface area contributed by atoms with E-state index in [1.54, 1.807) is 12.1 Å². The van der Waals surface area contributed by atoms with Gasteiger partial charge in [-0.15, -0.1) is 0 Å². The number of likely N-dealkylation sites (N-methyl/N-ethyl adjacent to an activating group) is 1. The van der Waals surface area contributed by atoms with Gasteiger partial charge in [-0.2, -0.15) is 4.98 Å². The SMILES string of the molecule is C=CC(=O)Nc1ccc(C)c(Oc2nc(Nc3ccc(N4CCN(C)CC4)cc3)c(C(N)=O)nc2CC)c1. The van der Waals surface area contributed by atoms with Crippen molar-refractivity contribution in [3.8, 4) is 11.6 Å². The molecule has 2 amide bonds. The first-order chi connectivity index (χ1) is 18.3. The van der Waals surface area contributed by atoms with E-state index in [1.165, 1.54) is 6.08 Å². The number of nitrogens with zero attached hydrogens (tertiary/aromatic N) is 4. The van der Waals surface area contributed by atoms with Gasteiger partial charge >= 0.3 is 0 Å². The van der Waals surface area contributed by atoms with Gasteiger partial charge in [0.1, 0.15) is 11.4 Å². The number of benzene rings is 2. The van der Waals surface area contributed by atoms with Crippen LogP contribution in [0.15, 0.2) is 55.1 Å². The summed E-state index contributed by atoms with van der Waals surface area (Å²) in [6.07, 6.45) is 1.66. The van der Waals surface area contributed by atoms with Crippen molar-refractivity contribution in [1.82, 2.24) is 14.9 Å². The van der Waals surface area contributed by atoms with Gasteiger partial charge in [0.15, 0.2) is 11.5 Å². The molecule has 0 aliphatic carbocycles. The summed E-state index contributed by atoms with van der Waals surface area (Å²) in [7, 11) is 2.13. The highest BCUT2D eigenvalue weighted by molar-refractivity contribution is 5.99. The molecule has 198 valence electrons. The van der Waals surface area contributed by atoms with Gasteiger partial charge < -0.3 is 30.9 Å². The first-order valence-electron chi connectivity index (χ1n) is 12.5. The van der Waals surface area contributed by atoms with Crippen LogP contribution in [0.1, 0.15) is 28.7 Å². The van der Waals surface area contributed by atoms with Crippen molar-refractivity contribution in [1.29, 1.82) is 0 Å². The number of amides is 2. The summed E-state index contributed by atoms with van der Waals surface area (Å²) >= 11 is 0. The van der Waals surface area contributed by atoms with Crippen LogP contribution in [0.25, 0.3) is 0 Å². The maximum Gasteiger partial charge on any atom is 0.271 e. The van der Waals surface area contributed by atoms with Crippen LogP contribution in [0.4, 0.5) is 22.9 Å². The molecule has 1 aliphatic rings. The molecule has 2 aromatic carbocycles. The monoisotopic (exact) mass is 515 g/mol. The Kier molecular flexibility index (Phi) is 8.22. The highest BCUT2D eigenvalue weighted by Gasteiger charge is 2.20. The number of aryl methyl sites for hydroxylation is 2. The molecular formula is C28H33N7O3. The van der Waals surface area contributed by atoms with Crippen LogP contribution in [0.3, 0.4) is 0 Å². The zero-order chi connectivity index (χ0) is 27.2. The average Bonchev–Trinajstić information content (AvgIpc) is 2.91. The topological polar surface area (TPSA) is 126 Å². The summed E-state index contributed by atoms with van der Waals surface area (Å²) < 4.78 is 6.15. The van der Waals surface area contributed by atoms with Gasteiger partial charge in [0, 0.05) is 49.3 Å². The molecule has 10 nitrogen and oxygen atoms in total. The number of nitrogens with two attached hydrogens (primary N) is 1. The van der Waals surface area contributed by atoms with Crippen molar-refractivity contribution < 1.29 is 14.3 Å². The number of rotatable bonds is 9. The van der Waals surface area contributed by atoms with Gasteiger partial charge in [0.25, 0.3) is 5.91 Å². The molecule has 0 radical (unpaired) electrons. The number of hydrogen-bond acceptors (Lipinski definition) is 8. The molecule has 1 aliphatic heterocycles. The van der Waals surface area contributed by atoms with Crippen LogP contribution in [0.2, 0.25) is 0 Å². The van der Waals surface area contributed by atoms with Gasteiger partial charge in [-0.3, -0.25) is 9.59 Å². The number of carbonyl (C=O) groups excluding carboxylic acids is 2. The molecule has 4 N–H and O–H groups in total. The second-order valence-electron chi connectivity index (χ2n) is 9.13. The van der Waals surface area contributed by atoms with Crippen molar-refractivity contribution in [2.45, 2.75) is 20.3 Å². The minimum atomic E-state index is -0.694. The Hall–Kier alpha value is -4.44. The molecule has 0 saturated carbocycles. The maximum atomic E-state index is 12.2. The highest BCUT2D eigenvalue weighted by atomic mass is 16.5. The fourth-order valence-corrected chi connectivity index (χ4v) is 4.07. The maximum absolute atomic E-state index is 12.2. The lowest BCUT2D eigenvalue weighted by Gasteiger charge is -2.34. The second-order valence-corrected chi connectivity index (χ2v) is 9.13. The predicted molar refractivity (Wildman–Crippen MR) is 149 cm³/mol. The van der Waals surface area contributed by atoms with E-state index in [0.29, 0.717) is 23.6 Å². The molecule has 1 saturated heterocycles. The Balaban J connectivity index is 1.61. The Morgan fingerprint density at radius 1 is 1.08 bits per heavy atom. The molecule has 10 heteroatoms. The van der Waals surface area contributed by atoms with Gasteiger partial charge in [-0.05, 0) is 62.4 Å². The summed E-state index contributed by atoms with van der Waals surface area (Å²) in [6, 6.07) is 13.2. The first-order valence-corrected chi connectivity index (χ1v) is 12.5. The van der Waals surface area contributed by atoms with Crippen LogP contribution in [-0.4, -0.2) is 59.9 Å². The van der Waals surface area contributed by atoms with E-state index in [9.17, 15) is 9.59 Å². The van der Waals surface area contributed by atoms with Gasteiger partial charge in [0.2, 0.25) is 11.8 Å². The minimum absolute atomic E-state index is 0.0288. The quantitative estimate of drug-likeness (QED) is 0.367. The summed E-state index contributed by atoms with van der Waals surface area (Å²) in [5.74, 6) is -0.0919. The molecule has 38 heavy (non-hydrogen) atoms. The second kappa shape index (κ2) is 11.7. The van der Waals surface area contributed by atoms with Crippen molar-refractivity contribution in [3.05, 3.63) is 72.1 Å². The van der Waals surface area contributed by atoms with Crippen molar-refractivity contribution in [2.24, 2.45) is 5.73 Å². The highest BCUT2D eigenvalue weighted by Crippen LogP contribution is 2.31. The molecule has 4 rings (SSSR count). The van der Waals surface area contributed by atoms with Gasteiger partial charge in [0.05, 0.1) is 0 Å². The summed E-state index contributed by atoms with van der Waals surface area (Å²) in [5.41, 5.74) is 9.41. The number of nitrogens with one attached hydrogen (secondary N) is 2. The summed E-state index contributed by atoms with van der Waals surface area (Å²) in [6.45, 7) is 11.2. The molecule has 3 aromatic rings. The van der Waals surface area contributed by atoms with Crippen LogP contribution in [-0.2, 0) is 11.2 Å². The van der Waals surface area contributed by atoms with Crippen LogP contribution >= 0.6 is 0 Å². The van der Waals surface area contributed by atoms with Crippen LogP contribution in [0, 0.1) is 6.92 Å². The van der Waals surface area contributed by atoms with E-state index < -0.39 is 5.91 Å². The largest absolute Gasteiger partial charge is 0.437 e. The van der Waals surface area contributed by atoms with Crippen molar-refractivity contribution in [3.63, 3.8) is 0 Å². The molecule has 0 spiro atoms. The fourth-order valence-electron chi connectivity index (χ4n) is 4.07. The van der Waals surface area contributed by atoms with Gasteiger partial charge in [-0.1, -0.05) is 19.6 Å². The zero-order valence-corrected chi connectivity index (χ0v) is 22.0. The Bertz CT molecular complexity index is 1330. The minimum Gasteiger partial charge on any atom is -0.437 e. The van der Waals surface area contributed by atoms with Crippen molar-refractivity contribution in [2.75, 3.05) is 48.8 Å². The average molecular weight is 516 g/mol. The standard InChI is InChI=1S/C28H33N7O3/c1-5-22-28(38-23-17-20(8-7-18(23)3)30-24(36)6-2)33-27(25(32-22)26(29)37)31-19-9-11-21(12-10-19)35-15-13-34(4)14-16-35/h6-12,17H,2,5,13-16H2,1,3-4H3,(H2,29,37)(H,30,36)(H,31,33). The number of ether oxygens (including phenoxy) is 1. The number of hydrogen-bond donors (Lipinski definition) is 3. The van der Waals surface area contributed by atoms with Gasteiger partial charge in [-0.25, -0.2) is 4.98 Å². The molecule has 2 heterocycles. The van der Waals surface area contributed by atoms with E-state index in [2.05, 4.69) is 44.0 Å². The van der Waals surface area contributed by atoms with Crippen LogP contribution in [0.5, 0.6) is 11.6 Å². The molecule has 1 fully saturated rings. The third-order valence-corrected chi connectivity index (χ3v) is 6.35. The number of primary amides is 1. The molecular weight excluding hydrogens is 482 g/mol. The van der Waals surface area contributed by atoms with E-state index in [4.69, 9.17) is 10.5 Å². The fraction of sp³-hybridized carbons (Fsp3) is 0.286. The first kappa shape index (κ1) is 26.6. The van der Waals surface area contributed by atoms with E-state index in [1.807, 2.05) is 44.2 Å². The Morgan fingerprint density at radius 2 is 1.76 bits per heavy atom. The Labute approximate surface area is 222 Å². The zero-order valence-electron chi connectivity index (χ0n) is 22.0. The molecule has 0 atom stereocenters. The third-order valence-electron chi connectivity index (χ3n) is 6.35. The lowest BCUT2D eigenvalue weighted by Crippen LogP contribution is -2.44. The normalized spacial score (nSPS) is 13.6. The summed E-state index contributed by atoms with van der Waals surface area (Å²) in [4.78, 5) is 37.7. The van der Waals surface area contributed by atoms with E-state index in [0.717, 1.165) is 43.1 Å². The lowest BCUT2D eigenvalue weighted by atomic mass is 10.2. The van der Waals surface area contributed by atoms with E-state index in [-0.39, 0.29) is 23.3 Å². The third kappa shape index (κ3) is 6.27. The van der Waals surface area contributed by atoms with Crippen LogP contribution < -0.4 is 26.0 Å². The molecule has 1 aromatic heterocycles. The van der Waals surface area contributed by atoms with Crippen molar-refractivity contribution >= 4 is 34.7 Å².